The van der Waals surface area contributed by atoms with Crippen LogP contribution < -0.4 is 5.32 Å². The number of nitrogens with zero attached hydrogens (tertiary/aromatic N) is 1. The average Bonchev–Trinajstić information content (AvgIpc) is 2.85. The smallest absolute Gasteiger partial charge is 0.224 e. The van der Waals surface area contributed by atoms with Crippen LogP contribution >= 0.6 is 0 Å². The summed E-state index contributed by atoms with van der Waals surface area (Å²) >= 11 is 0. The number of hydrogen-bond donors (Lipinski definition) is 2. The third-order valence-corrected chi connectivity index (χ3v) is 4.18. The first-order chi connectivity index (χ1) is 11.2. The molecule has 126 valence electrons. The van der Waals surface area contributed by atoms with Crippen molar-refractivity contribution in [3.8, 4) is 0 Å². The fraction of sp³-hybridized carbons (Fsp3) is 0.556. The van der Waals surface area contributed by atoms with Crippen LogP contribution in [0.3, 0.4) is 0 Å². The van der Waals surface area contributed by atoms with Crippen molar-refractivity contribution in [2.75, 3.05) is 19.6 Å². The highest BCUT2D eigenvalue weighted by atomic mass is 16.3. The highest BCUT2D eigenvalue weighted by Gasteiger charge is 2.16. The largest absolute Gasteiger partial charge is 0.388 e. The van der Waals surface area contributed by atoms with Gasteiger partial charge in [-0.3, -0.25) is 9.59 Å². The minimum Gasteiger partial charge on any atom is -0.388 e. The molecule has 0 aliphatic carbocycles. The minimum atomic E-state index is -0.808. The van der Waals surface area contributed by atoms with Crippen LogP contribution in [0.5, 0.6) is 0 Å². The summed E-state index contributed by atoms with van der Waals surface area (Å²) in [5, 5.41) is 12.7. The van der Waals surface area contributed by atoms with Crippen molar-refractivity contribution in [3.63, 3.8) is 0 Å². The number of carbonyl (C=O) groups is 2. The van der Waals surface area contributed by atoms with E-state index in [4.69, 9.17) is 0 Å². The van der Waals surface area contributed by atoms with E-state index in [1.165, 1.54) is 12.8 Å². The summed E-state index contributed by atoms with van der Waals surface area (Å²) in [5.41, 5.74) is 0.725. The molecule has 1 aliphatic rings. The molecular weight excluding hydrogens is 292 g/mol. The lowest BCUT2D eigenvalue weighted by molar-refractivity contribution is -0.131. The van der Waals surface area contributed by atoms with Crippen molar-refractivity contribution in [2.45, 2.75) is 44.6 Å². The maximum atomic E-state index is 12.1. The second-order valence-electron chi connectivity index (χ2n) is 6.03. The molecule has 2 N–H and O–H groups in total. The van der Waals surface area contributed by atoms with Crippen molar-refractivity contribution in [2.24, 2.45) is 0 Å². The first-order valence-corrected chi connectivity index (χ1v) is 8.44. The molecular formula is C18H26N2O3. The standard InChI is InChI=1S/C18H26N2O3/c21-16(15-8-4-3-5-9-15)14-17(22)19-11-10-18(23)20-12-6-1-2-7-13-20/h3-5,8-9,16,21H,1-2,6-7,10-14H2,(H,19,22). The van der Waals surface area contributed by atoms with Crippen molar-refractivity contribution in [3.05, 3.63) is 35.9 Å². The van der Waals surface area contributed by atoms with Crippen LogP contribution in [0.25, 0.3) is 0 Å². The number of rotatable bonds is 6. The van der Waals surface area contributed by atoms with Crippen LogP contribution in [-0.4, -0.2) is 41.5 Å². The van der Waals surface area contributed by atoms with Gasteiger partial charge in [-0.2, -0.15) is 0 Å². The zero-order chi connectivity index (χ0) is 16.5. The number of carbonyl (C=O) groups excluding carboxylic acids is 2. The fourth-order valence-corrected chi connectivity index (χ4v) is 2.83. The predicted molar refractivity (Wildman–Crippen MR) is 88.7 cm³/mol. The summed E-state index contributed by atoms with van der Waals surface area (Å²) < 4.78 is 0. The van der Waals surface area contributed by atoms with E-state index in [0.717, 1.165) is 31.5 Å². The fourth-order valence-electron chi connectivity index (χ4n) is 2.83. The highest BCUT2D eigenvalue weighted by molar-refractivity contribution is 5.79. The van der Waals surface area contributed by atoms with Crippen LogP contribution in [0.2, 0.25) is 0 Å². The molecule has 0 radical (unpaired) electrons. The van der Waals surface area contributed by atoms with E-state index in [0.29, 0.717) is 13.0 Å². The molecule has 1 heterocycles. The molecule has 1 aromatic carbocycles. The number of nitrogens with one attached hydrogen (secondary N) is 1. The first-order valence-electron chi connectivity index (χ1n) is 8.44. The lowest BCUT2D eigenvalue weighted by Crippen LogP contribution is -2.35. The van der Waals surface area contributed by atoms with Gasteiger partial charge in [0.25, 0.3) is 0 Å². The molecule has 0 aromatic heterocycles. The Morgan fingerprint density at radius 3 is 2.39 bits per heavy atom. The Kier molecular flexibility index (Phi) is 7.07. The molecule has 1 fully saturated rings. The van der Waals surface area contributed by atoms with Crippen LogP contribution in [-0.2, 0) is 9.59 Å². The Hall–Kier alpha value is -1.88. The SMILES string of the molecule is O=C(CC(O)c1ccccc1)NCCC(=O)N1CCCCCC1. The zero-order valence-corrected chi connectivity index (χ0v) is 13.5. The van der Waals surface area contributed by atoms with Gasteiger partial charge in [0.05, 0.1) is 12.5 Å². The number of hydrogen-bond acceptors (Lipinski definition) is 3. The molecule has 1 aromatic rings. The van der Waals surface area contributed by atoms with E-state index in [1.807, 2.05) is 23.1 Å². The number of benzene rings is 1. The summed E-state index contributed by atoms with van der Waals surface area (Å²) in [5.74, 6) is -0.124. The predicted octanol–water partition coefficient (Wildman–Crippen LogP) is 2.02. The van der Waals surface area contributed by atoms with E-state index in [2.05, 4.69) is 5.32 Å². The van der Waals surface area contributed by atoms with Gasteiger partial charge in [0, 0.05) is 26.1 Å². The third-order valence-electron chi connectivity index (χ3n) is 4.18. The lowest BCUT2D eigenvalue weighted by atomic mass is 10.1. The minimum absolute atomic E-state index is 0.0158. The van der Waals surface area contributed by atoms with E-state index >= 15 is 0 Å². The second kappa shape index (κ2) is 9.30. The van der Waals surface area contributed by atoms with Gasteiger partial charge in [0.2, 0.25) is 11.8 Å². The molecule has 1 saturated heterocycles. The molecule has 2 amide bonds. The lowest BCUT2D eigenvalue weighted by Gasteiger charge is -2.20. The van der Waals surface area contributed by atoms with E-state index in [-0.39, 0.29) is 18.2 Å². The maximum absolute atomic E-state index is 12.1. The molecule has 1 aliphatic heterocycles. The topological polar surface area (TPSA) is 69.6 Å². The summed E-state index contributed by atoms with van der Waals surface area (Å²) in [4.78, 5) is 25.8. The normalized spacial score (nSPS) is 16.5. The van der Waals surface area contributed by atoms with Gasteiger partial charge in [-0.05, 0) is 18.4 Å². The number of aliphatic hydroxyl groups is 1. The summed E-state index contributed by atoms with van der Waals surface area (Å²) in [6, 6.07) is 9.11. The maximum Gasteiger partial charge on any atom is 0.224 e. The summed E-state index contributed by atoms with van der Waals surface area (Å²) in [6.45, 7) is 1.99. The van der Waals surface area contributed by atoms with Crippen LogP contribution in [0, 0.1) is 0 Å². The molecule has 1 unspecified atom stereocenters. The average molecular weight is 318 g/mol. The molecule has 2 rings (SSSR count). The molecule has 5 heteroatoms. The van der Waals surface area contributed by atoms with Gasteiger partial charge < -0.3 is 15.3 Å². The van der Waals surface area contributed by atoms with Crippen molar-refractivity contribution >= 4 is 11.8 Å². The summed E-state index contributed by atoms with van der Waals surface area (Å²) in [6.07, 6.45) is 4.06. The van der Waals surface area contributed by atoms with Crippen molar-refractivity contribution in [1.29, 1.82) is 0 Å². The van der Waals surface area contributed by atoms with Gasteiger partial charge in [-0.25, -0.2) is 0 Å². The quantitative estimate of drug-likeness (QED) is 0.843. The molecule has 0 saturated carbocycles. The number of aliphatic hydroxyl groups excluding tert-OH is 1. The van der Waals surface area contributed by atoms with Gasteiger partial charge in [0.1, 0.15) is 0 Å². The van der Waals surface area contributed by atoms with E-state index in [1.54, 1.807) is 12.1 Å². The van der Waals surface area contributed by atoms with Gasteiger partial charge >= 0.3 is 0 Å². The van der Waals surface area contributed by atoms with E-state index in [9.17, 15) is 14.7 Å². The molecule has 1 atom stereocenters. The van der Waals surface area contributed by atoms with Crippen LogP contribution in [0.15, 0.2) is 30.3 Å². The Morgan fingerprint density at radius 2 is 1.74 bits per heavy atom. The summed E-state index contributed by atoms with van der Waals surface area (Å²) in [7, 11) is 0. The first kappa shape index (κ1) is 17.5. The number of likely N-dealkylation sites (tertiary alicyclic amines) is 1. The molecule has 0 bridgehead atoms. The second-order valence-corrected chi connectivity index (χ2v) is 6.03. The van der Waals surface area contributed by atoms with Crippen molar-refractivity contribution < 1.29 is 14.7 Å². The Balaban J connectivity index is 1.67. The Bertz CT molecular complexity index is 496. The van der Waals surface area contributed by atoms with Gasteiger partial charge in [0.15, 0.2) is 0 Å². The van der Waals surface area contributed by atoms with Gasteiger partial charge in [-0.1, -0.05) is 43.2 Å². The highest BCUT2D eigenvalue weighted by Crippen LogP contribution is 2.15. The Morgan fingerprint density at radius 1 is 1.09 bits per heavy atom. The molecule has 0 spiro atoms. The zero-order valence-electron chi connectivity index (χ0n) is 13.5. The molecule has 23 heavy (non-hydrogen) atoms. The van der Waals surface area contributed by atoms with Crippen LogP contribution in [0.4, 0.5) is 0 Å². The van der Waals surface area contributed by atoms with Crippen LogP contribution in [0.1, 0.15) is 50.2 Å². The third kappa shape index (κ3) is 6.02. The van der Waals surface area contributed by atoms with E-state index < -0.39 is 6.10 Å². The monoisotopic (exact) mass is 318 g/mol. The molecule has 5 nitrogen and oxygen atoms in total. The Labute approximate surface area is 137 Å². The van der Waals surface area contributed by atoms with Gasteiger partial charge in [-0.15, -0.1) is 0 Å². The van der Waals surface area contributed by atoms with Crippen molar-refractivity contribution in [1.82, 2.24) is 10.2 Å². The number of amides is 2.